The van der Waals surface area contributed by atoms with E-state index in [4.69, 9.17) is 21.3 Å². The van der Waals surface area contributed by atoms with Gasteiger partial charge in [0, 0.05) is 5.02 Å². The highest BCUT2D eigenvalue weighted by molar-refractivity contribution is 6.30. The van der Waals surface area contributed by atoms with Crippen molar-refractivity contribution in [3.63, 3.8) is 0 Å². The molecular formula is C14H11ClN2O2. The first-order valence-electron chi connectivity index (χ1n) is 5.66. The molecule has 1 atom stereocenters. The molecule has 2 rings (SSSR count). The Morgan fingerprint density at radius 1 is 1.37 bits per heavy atom. The average molecular weight is 275 g/mol. The van der Waals surface area contributed by atoms with Gasteiger partial charge in [0.1, 0.15) is 5.76 Å². The van der Waals surface area contributed by atoms with Crippen molar-refractivity contribution in [2.45, 2.75) is 12.5 Å². The first-order chi connectivity index (χ1) is 9.19. The van der Waals surface area contributed by atoms with Gasteiger partial charge in [0.15, 0.2) is 6.04 Å². The number of nitrogens with one attached hydrogen (secondary N) is 1. The number of nitrogens with zero attached hydrogens (tertiary/aromatic N) is 1. The van der Waals surface area contributed by atoms with Gasteiger partial charge in [0.2, 0.25) is 5.91 Å². The minimum absolute atomic E-state index is 0.191. The number of benzene rings is 1. The van der Waals surface area contributed by atoms with Crippen LogP contribution in [-0.2, 0) is 11.2 Å². The van der Waals surface area contributed by atoms with E-state index in [2.05, 4.69) is 5.32 Å². The van der Waals surface area contributed by atoms with Crippen molar-refractivity contribution >= 4 is 17.5 Å². The lowest BCUT2D eigenvalue weighted by Crippen LogP contribution is -2.28. The normalized spacial score (nSPS) is 11.6. The number of carbonyl (C=O) groups is 1. The van der Waals surface area contributed by atoms with Crippen molar-refractivity contribution in [3.05, 3.63) is 59.0 Å². The first kappa shape index (κ1) is 13.2. The number of amides is 1. The van der Waals surface area contributed by atoms with Crippen molar-refractivity contribution in [2.75, 3.05) is 0 Å². The number of hydrogen-bond donors (Lipinski definition) is 1. The molecule has 19 heavy (non-hydrogen) atoms. The summed E-state index contributed by atoms with van der Waals surface area (Å²) in [7, 11) is 0. The van der Waals surface area contributed by atoms with Crippen molar-refractivity contribution in [2.24, 2.45) is 0 Å². The summed E-state index contributed by atoms with van der Waals surface area (Å²) in [6.45, 7) is 0. The van der Waals surface area contributed by atoms with Crippen LogP contribution in [0.3, 0.4) is 0 Å². The lowest BCUT2D eigenvalue weighted by molar-refractivity contribution is -0.120. The molecule has 0 fully saturated rings. The Labute approximate surface area is 115 Å². The Balaban J connectivity index is 1.97. The Morgan fingerprint density at radius 2 is 2.11 bits per heavy atom. The molecule has 1 aromatic heterocycles. The number of furan rings is 1. The molecule has 0 bridgehead atoms. The first-order valence-corrected chi connectivity index (χ1v) is 6.03. The van der Waals surface area contributed by atoms with Crippen molar-refractivity contribution in [1.29, 1.82) is 5.26 Å². The molecule has 0 saturated carbocycles. The second kappa shape index (κ2) is 6.07. The van der Waals surface area contributed by atoms with E-state index in [-0.39, 0.29) is 12.3 Å². The van der Waals surface area contributed by atoms with Gasteiger partial charge in [-0.1, -0.05) is 23.7 Å². The minimum Gasteiger partial charge on any atom is -0.466 e. The molecule has 5 heteroatoms. The zero-order valence-corrected chi connectivity index (χ0v) is 10.7. The average Bonchev–Trinajstić information content (AvgIpc) is 2.92. The highest BCUT2D eigenvalue weighted by atomic mass is 35.5. The molecule has 2 aromatic rings. The topological polar surface area (TPSA) is 66.0 Å². The third-order valence-electron chi connectivity index (χ3n) is 2.54. The molecule has 1 amide bonds. The molecule has 0 radical (unpaired) electrons. The molecule has 1 N–H and O–H groups in total. The zero-order valence-electron chi connectivity index (χ0n) is 9.97. The fraction of sp³-hybridized carbons (Fsp3) is 0.143. The van der Waals surface area contributed by atoms with Crippen molar-refractivity contribution < 1.29 is 9.21 Å². The molecule has 0 aliphatic rings. The van der Waals surface area contributed by atoms with Crippen LogP contribution in [0.1, 0.15) is 17.4 Å². The van der Waals surface area contributed by atoms with Crippen LogP contribution in [0.15, 0.2) is 47.1 Å². The van der Waals surface area contributed by atoms with Gasteiger partial charge in [-0.05, 0) is 29.8 Å². The van der Waals surface area contributed by atoms with Crippen LogP contribution in [0.2, 0.25) is 5.02 Å². The molecule has 1 aromatic carbocycles. The van der Waals surface area contributed by atoms with Crippen LogP contribution in [-0.4, -0.2) is 5.91 Å². The molecular weight excluding hydrogens is 264 g/mol. The zero-order chi connectivity index (χ0) is 13.7. The van der Waals surface area contributed by atoms with Crippen LogP contribution in [0, 0.1) is 11.3 Å². The summed E-state index contributed by atoms with van der Waals surface area (Å²) in [5.74, 6) is 0.178. The maximum Gasteiger partial charge on any atom is 0.225 e. The number of halogens is 1. The van der Waals surface area contributed by atoms with E-state index in [9.17, 15) is 4.79 Å². The number of rotatable bonds is 4. The molecule has 1 unspecified atom stereocenters. The minimum atomic E-state index is -0.769. The van der Waals surface area contributed by atoms with E-state index in [0.717, 1.165) is 5.56 Å². The lowest BCUT2D eigenvalue weighted by atomic mass is 10.1. The fourth-order valence-corrected chi connectivity index (χ4v) is 1.75. The molecule has 96 valence electrons. The maximum atomic E-state index is 11.8. The van der Waals surface area contributed by atoms with Gasteiger partial charge in [0.05, 0.1) is 18.8 Å². The summed E-state index contributed by atoms with van der Waals surface area (Å²) in [4.78, 5) is 11.8. The van der Waals surface area contributed by atoms with E-state index in [1.807, 2.05) is 6.07 Å². The van der Waals surface area contributed by atoms with Crippen molar-refractivity contribution in [3.8, 4) is 6.07 Å². The van der Waals surface area contributed by atoms with E-state index in [1.54, 1.807) is 36.4 Å². The van der Waals surface area contributed by atoms with Gasteiger partial charge < -0.3 is 9.73 Å². The Kier molecular flexibility index (Phi) is 4.22. The van der Waals surface area contributed by atoms with Crippen LogP contribution in [0.5, 0.6) is 0 Å². The quantitative estimate of drug-likeness (QED) is 0.932. The molecule has 0 spiro atoms. The Bertz CT molecular complexity index is 585. The van der Waals surface area contributed by atoms with E-state index >= 15 is 0 Å². The van der Waals surface area contributed by atoms with Gasteiger partial charge in [-0.3, -0.25) is 4.79 Å². The molecule has 1 heterocycles. The molecule has 0 aliphatic carbocycles. The Morgan fingerprint density at radius 3 is 2.68 bits per heavy atom. The van der Waals surface area contributed by atoms with E-state index in [0.29, 0.717) is 10.8 Å². The third kappa shape index (κ3) is 3.60. The predicted molar refractivity (Wildman–Crippen MR) is 70.4 cm³/mol. The fourth-order valence-electron chi connectivity index (χ4n) is 1.62. The predicted octanol–water partition coefficient (Wildman–Crippen LogP) is 2.86. The van der Waals surface area contributed by atoms with Crippen LogP contribution < -0.4 is 5.32 Å². The maximum absolute atomic E-state index is 11.8. The summed E-state index contributed by atoms with van der Waals surface area (Å²) in [6, 6.07) is 11.5. The van der Waals surface area contributed by atoms with Crippen LogP contribution in [0.25, 0.3) is 0 Å². The highest BCUT2D eigenvalue weighted by Gasteiger charge is 2.16. The summed E-state index contributed by atoms with van der Waals surface area (Å²) < 4.78 is 5.10. The number of nitriles is 1. The largest absolute Gasteiger partial charge is 0.466 e. The standard InChI is InChI=1S/C14H11ClN2O2/c15-11-5-3-10(4-6-11)8-14(18)17-12(9-16)13-2-1-7-19-13/h1-7,12H,8H2,(H,17,18). The SMILES string of the molecule is N#CC(NC(=O)Cc1ccc(Cl)cc1)c1ccco1. The van der Waals surface area contributed by atoms with Gasteiger partial charge >= 0.3 is 0 Å². The number of hydrogen-bond acceptors (Lipinski definition) is 3. The third-order valence-corrected chi connectivity index (χ3v) is 2.79. The van der Waals surface area contributed by atoms with Gasteiger partial charge in [-0.15, -0.1) is 0 Å². The number of carbonyl (C=O) groups excluding carboxylic acids is 1. The van der Waals surface area contributed by atoms with Crippen LogP contribution in [0.4, 0.5) is 0 Å². The summed E-state index contributed by atoms with van der Waals surface area (Å²) >= 11 is 5.77. The van der Waals surface area contributed by atoms with E-state index < -0.39 is 6.04 Å². The second-order valence-corrected chi connectivity index (χ2v) is 4.38. The smallest absolute Gasteiger partial charge is 0.225 e. The summed E-state index contributed by atoms with van der Waals surface area (Å²) in [6.07, 6.45) is 1.65. The Hall–Kier alpha value is -2.25. The van der Waals surface area contributed by atoms with Crippen LogP contribution >= 0.6 is 11.6 Å². The van der Waals surface area contributed by atoms with Gasteiger partial charge in [-0.2, -0.15) is 5.26 Å². The van der Waals surface area contributed by atoms with Gasteiger partial charge in [-0.25, -0.2) is 0 Å². The second-order valence-electron chi connectivity index (χ2n) is 3.95. The summed E-state index contributed by atoms with van der Waals surface area (Å²) in [5.41, 5.74) is 0.832. The highest BCUT2D eigenvalue weighted by Crippen LogP contribution is 2.13. The van der Waals surface area contributed by atoms with Gasteiger partial charge in [0.25, 0.3) is 0 Å². The monoisotopic (exact) mass is 274 g/mol. The summed E-state index contributed by atoms with van der Waals surface area (Å²) in [5, 5.41) is 12.2. The molecule has 0 saturated heterocycles. The molecule has 4 nitrogen and oxygen atoms in total. The lowest BCUT2D eigenvalue weighted by Gasteiger charge is -2.09. The van der Waals surface area contributed by atoms with Crippen molar-refractivity contribution in [1.82, 2.24) is 5.32 Å². The van der Waals surface area contributed by atoms with E-state index in [1.165, 1.54) is 6.26 Å². The molecule has 0 aliphatic heterocycles.